The number of carbonyl (C=O) groups is 1. The Morgan fingerprint density at radius 3 is 2.73 bits per heavy atom. The second-order valence-electron chi connectivity index (χ2n) is 6.25. The summed E-state index contributed by atoms with van der Waals surface area (Å²) in [7, 11) is 0. The third kappa shape index (κ3) is 4.54. The van der Waals surface area contributed by atoms with Crippen LogP contribution in [0.5, 0.6) is 0 Å². The molecule has 0 radical (unpaired) electrons. The fourth-order valence-corrected chi connectivity index (χ4v) is 3.62. The quantitative estimate of drug-likeness (QED) is 0.324. The summed E-state index contributed by atoms with van der Waals surface area (Å²) in [5, 5.41) is 10.0. The molecule has 2 aromatic rings. The molecule has 0 bridgehead atoms. The number of aromatic nitrogens is 2. The van der Waals surface area contributed by atoms with Crippen LogP contribution >= 0.6 is 27.7 Å². The molecule has 0 fully saturated rings. The second-order valence-corrected chi connectivity index (χ2v) is 8.11. The first-order valence-electron chi connectivity index (χ1n) is 7.97. The summed E-state index contributed by atoms with van der Waals surface area (Å²) in [6, 6.07) is 7.15. The number of nitrogens with two attached hydrogens (primary N) is 1. The smallest absolute Gasteiger partial charge is 0.262 e. The number of nitriles is 1. The summed E-state index contributed by atoms with van der Waals surface area (Å²) < 4.78 is 2.39. The van der Waals surface area contributed by atoms with Crippen LogP contribution in [0, 0.1) is 17.2 Å². The van der Waals surface area contributed by atoms with E-state index < -0.39 is 0 Å². The summed E-state index contributed by atoms with van der Waals surface area (Å²) in [5.74, 6) is -0.155. The number of hydrogen-bond acceptors (Lipinski definition) is 6. The minimum absolute atomic E-state index is 0.00992. The number of ketones is 1. The van der Waals surface area contributed by atoms with Crippen molar-refractivity contribution in [1.29, 1.82) is 5.26 Å². The van der Waals surface area contributed by atoms with Crippen LogP contribution in [-0.4, -0.2) is 21.1 Å². The Morgan fingerprint density at radius 2 is 2.15 bits per heavy atom. The fraction of sp³-hybridized carbons (Fsp3) is 0.333. The fourth-order valence-electron chi connectivity index (χ4n) is 2.38. The number of Topliss-reactive ketones (excluding diaryl/α,β-unsaturated/α-hetero) is 1. The minimum Gasteiger partial charge on any atom is -0.401 e. The van der Waals surface area contributed by atoms with Crippen molar-refractivity contribution in [3.63, 3.8) is 0 Å². The van der Waals surface area contributed by atoms with Crippen molar-refractivity contribution in [3.05, 3.63) is 44.3 Å². The molecule has 0 aliphatic rings. The Balaban J connectivity index is 2.47. The van der Waals surface area contributed by atoms with E-state index in [4.69, 9.17) is 11.0 Å². The lowest BCUT2D eigenvalue weighted by atomic mass is 10.2. The van der Waals surface area contributed by atoms with Gasteiger partial charge in [0.15, 0.2) is 10.9 Å². The summed E-state index contributed by atoms with van der Waals surface area (Å²) >= 11 is 4.52. The van der Waals surface area contributed by atoms with Crippen molar-refractivity contribution >= 4 is 44.4 Å². The van der Waals surface area contributed by atoms with E-state index in [9.17, 15) is 9.59 Å². The highest BCUT2D eigenvalue weighted by Gasteiger charge is 2.17. The van der Waals surface area contributed by atoms with E-state index in [1.165, 1.54) is 6.92 Å². The number of halogens is 1. The van der Waals surface area contributed by atoms with Crippen LogP contribution in [0.15, 0.2) is 43.9 Å². The topological polar surface area (TPSA) is 102 Å². The summed E-state index contributed by atoms with van der Waals surface area (Å²) in [5.41, 5.74) is 6.13. The third-order valence-corrected chi connectivity index (χ3v) is 5.02. The molecule has 0 aliphatic heterocycles. The average molecular weight is 435 g/mol. The van der Waals surface area contributed by atoms with Crippen LogP contribution in [-0.2, 0) is 11.3 Å². The zero-order valence-corrected chi connectivity index (χ0v) is 17.1. The van der Waals surface area contributed by atoms with E-state index >= 15 is 0 Å². The van der Waals surface area contributed by atoms with Gasteiger partial charge in [0.1, 0.15) is 11.6 Å². The molecule has 0 amide bonds. The number of hydrogen-bond donors (Lipinski definition) is 1. The molecule has 2 rings (SSSR count). The van der Waals surface area contributed by atoms with Gasteiger partial charge >= 0.3 is 0 Å². The van der Waals surface area contributed by atoms with Crippen molar-refractivity contribution in [2.45, 2.75) is 32.5 Å². The zero-order chi connectivity index (χ0) is 19.4. The number of fused-ring (bicyclic) bond motifs is 1. The van der Waals surface area contributed by atoms with Gasteiger partial charge in [-0.3, -0.25) is 14.2 Å². The standard InChI is InChI=1S/C18H19BrN4O2S/c1-10(2)8-23-17(25)13-6-12(19)4-5-15(13)22-18(23)26-9-16(24)14(7-20)11(3)21/h4-6,10H,8-9,21H2,1-3H3/b14-11+. The highest BCUT2D eigenvalue weighted by Crippen LogP contribution is 2.22. The number of thioether (sulfide) groups is 1. The summed E-state index contributed by atoms with van der Waals surface area (Å²) in [6.07, 6.45) is 0. The van der Waals surface area contributed by atoms with E-state index in [1.54, 1.807) is 16.7 Å². The maximum absolute atomic E-state index is 12.9. The zero-order valence-electron chi connectivity index (χ0n) is 14.7. The molecule has 0 unspecified atom stereocenters. The SMILES string of the molecule is C/C(N)=C(/C#N)C(=O)CSc1nc2ccc(Br)cc2c(=O)n1CC(C)C. The lowest BCUT2D eigenvalue weighted by Crippen LogP contribution is -2.26. The molecule has 136 valence electrons. The predicted octanol–water partition coefficient (Wildman–Crippen LogP) is 3.23. The first-order valence-corrected chi connectivity index (χ1v) is 9.75. The maximum atomic E-state index is 12.9. The van der Waals surface area contributed by atoms with E-state index in [1.807, 2.05) is 26.0 Å². The molecule has 0 saturated heterocycles. The van der Waals surface area contributed by atoms with Gasteiger partial charge < -0.3 is 5.73 Å². The first-order chi connectivity index (χ1) is 12.2. The van der Waals surface area contributed by atoms with Gasteiger partial charge in [0.2, 0.25) is 0 Å². The molecule has 6 nitrogen and oxygen atoms in total. The third-order valence-electron chi connectivity index (χ3n) is 3.55. The Morgan fingerprint density at radius 1 is 1.46 bits per heavy atom. The normalized spacial score (nSPS) is 12.2. The van der Waals surface area contributed by atoms with Crippen molar-refractivity contribution in [2.24, 2.45) is 11.7 Å². The first kappa shape index (κ1) is 20.2. The maximum Gasteiger partial charge on any atom is 0.262 e. The molecule has 0 saturated carbocycles. The Kier molecular flexibility index (Phi) is 6.62. The number of allylic oxidation sites excluding steroid dienone is 2. The lowest BCUT2D eigenvalue weighted by Gasteiger charge is -2.15. The minimum atomic E-state index is -0.376. The van der Waals surface area contributed by atoms with Crippen LogP contribution in [0.25, 0.3) is 10.9 Å². The van der Waals surface area contributed by atoms with Crippen molar-refractivity contribution in [1.82, 2.24) is 9.55 Å². The van der Waals surface area contributed by atoms with Crippen molar-refractivity contribution < 1.29 is 4.79 Å². The molecule has 26 heavy (non-hydrogen) atoms. The lowest BCUT2D eigenvalue weighted by molar-refractivity contribution is -0.112. The van der Waals surface area contributed by atoms with E-state index in [0.717, 1.165) is 16.2 Å². The molecule has 0 aliphatic carbocycles. The predicted molar refractivity (Wildman–Crippen MR) is 107 cm³/mol. The average Bonchev–Trinajstić information content (AvgIpc) is 2.56. The van der Waals surface area contributed by atoms with E-state index in [0.29, 0.717) is 22.6 Å². The highest BCUT2D eigenvalue weighted by atomic mass is 79.9. The molecular formula is C18H19BrN4O2S. The van der Waals surface area contributed by atoms with Gasteiger partial charge in [0.05, 0.1) is 16.7 Å². The monoisotopic (exact) mass is 434 g/mol. The summed E-state index contributed by atoms with van der Waals surface area (Å²) in [6.45, 7) is 6.01. The number of carbonyl (C=O) groups excluding carboxylic acids is 1. The Labute approximate surface area is 164 Å². The van der Waals surface area contributed by atoms with Gasteiger partial charge in [0, 0.05) is 16.7 Å². The molecule has 1 aromatic carbocycles. The van der Waals surface area contributed by atoms with Gasteiger partial charge in [-0.1, -0.05) is 41.5 Å². The van der Waals surface area contributed by atoms with Gasteiger partial charge in [-0.25, -0.2) is 4.98 Å². The van der Waals surface area contributed by atoms with Crippen LogP contribution in [0.4, 0.5) is 0 Å². The van der Waals surface area contributed by atoms with Crippen LogP contribution in [0.2, 0.25) is 0 Å². The van der Waals surface area contributed by atoms with E-state index in [2.05, 4.69) is 20.9 Å². The molecule has 2 N–H and O–H groups in total. The van der Waals surface area contributed by atoms with Crippen LogP contribution in [0.3, 0.4) is 0 Å². The number of nitrogens with zero attached hydrogens (tertiary/aromatic N) is 3. The van der Waals surface area contributed by atoms with Gasteiger partial charge in [0.25, 0.3) is 5.56 Å². The molecular weight excluding hydrogens is 416 g/mol. The molecule has 1 aromatic heterocycles. The van der Waals surface area contributed by atoms with Crippen molar-refractivity contribution in [2.75, 3.05) is 5.75 Å². The van der Waals surface area contributed by atoms with Crippen molar-refractivity contribution in [3.8, 4) is 6.07 Å². The van der Waals surface area contributed by atoms with Crippen LogP contribution < -0.4 is 11.3 Å². The molecule has 0 spiro atoms. The number of benzene rings is 1. The molecule has 0 atom stereocenters. The van der Waals surface area contributed by atoms with Crippen LogP contribution in [0.1, 0.15) is 20.8 Å². The van der Waals surface area contributed by atoms with Gasteiger partial charge in [-0.05, 0) is 31.0 Å². The Hall–Kier alpha value is -2.11. The van der Waals surface area contributed by atoms with Gasteiger partial charge in [-0.2, -0.15) is 5.26 Å². The molecule has 8 heteroatoms. The summed E-state index contributed by atoms with van der Waals surface area (Å²) in [4.78, 5) is 29.7. The van der Waals surface area contributed by atoms with E-state index in [-0.39, 0.29) is 34.3 Å². The molecule has 1 heterocycles. The largest absolute Gasteiger partial charge is 0.401 e. The second kappa shape index (κ2) is 8.52. The number of rotatable bonds is 6. The Bertz CT molecular complexity index is 985. The van der Waals surface area contributed by atoms with Gasteiger partial charge in [-0.15, -0.1) is 0 Å². The highest BCUT2D eigenvalue weighted by molar-refractivity contribution is 9.10.